The van der Waals surface area contributed by atoms with Crippen LogP contribution in [0.25, 0.3) is 28.5 Å². The van der Waals surface area contributed by atoms with Crippen molar-refractivity contribution in [2.24, 2.45) is 0 Å². The molecule has 2 aromatic carbocycles. The Morgan fingerprint density at radius 2 is 1.82 bits per heavy atom. The molecule has 2 aromatic heterocycles. The SMILES string of the molecule is O=C(C=Cc1ccc(F)cc1)Nc1ccc(-c2nc3ccncc3n2O)cc1. The van der Waals surface area contributed by atoms with Gasteiger partial charge in [0.2, 0.25) is 5.91 Å². The summed E-state index contributed by atoms with van der Waals surface area (Å²) in [6, 6.07) is 14.5. The number of aromatic nitrogens is 3. The lowest BCUT2D eigenvalue weighted by molar-refractivity contribution is -0.111. The molecule has 2 heterocycles. The highest BCUT2D eigenvalue weighted by atomic mass is 19.1. The minimum absolute atomic E-state index is 0.308. The highest BCUT2D eigenvalue weighted by Gasteiger charge is 2.11. The molecule has 1 amide bonds. The molecule has 28 heavy (non-hydrogen) atoms. The van der Waals surface area contributed by atoms with Crippen LogP contribution in [0.2, 0.25) is 0 Å². The van der Waals surface area contributed by atoms with Crippen LogP contribution in [0.1, 0.15) is 5.56 Å². The van der Waals surface area contributed by atoms with Gasteiger partial charge in [0.25, 0.3) is 0 Å². The number of anilines is 1. The molecule has 0 bridgehead atoms. The Kier molecular flexibility index (Phi) is 4.55. The fourth-order valence-corrected chi connectivity index (χ4v) is 2.73. The van der Waals surface area contributed by atoms with Crippen LogP contribution in [0.3, 0.4) is 0 Å². The Morgan fingerprint density at radius 1 is 1.07 bits per heavy atom. The fourth-order valence-electron chi connectivity index (χ4n) is 2.73. The summed E-state index contributed by atoms with van der Waals surface area (Å²) in [5.41, 5.74) is 3.16. The molecule has 0 fully saturated rings. The van der Waals surface area contributed by atoms with Gasteiger partial charge in [0.15, 0.2) is 5.82 Å². The fraction of sp³-hybridized carbons (Fsp3) is 0. The van der Waals surface area contributed by atoms with Crippen LogP contribution in [-0.2, 0) is 4.79 Å². The second-order valence-corrected chi connectivity index (χ2v) is 6.06. The molecule has 138 valence electrons. The molecule has 0 atom stereocenters. The number of benzene rings is 2. The quantitative estimate of drug-likeness (QED) is 0.416. The Morgan fingerprint density at radius 3 is 2.54 bits per heavy atom. The third-order valence-corrected chi connectivity index (χ3v) is 4.14. The Hall–Kier alpha value is -4.00. The summed E-state index contributed by atoms with van der Waals surface area (Å²) < 4.78 is 13.9. The minimum Gasteiger partial charge on any atom is -0.426 e. The predicted octanol–water partition coefficient (Wildman–Crippen LogP) is 4.13. The van der Waals surface area contributed by atoms with Crippen LogP contribution in [0.15, 0.2) is 73.1 Å². The van der Waals surface area contributed by atoms with Crippen LogP contribution in [0.4, 0.5) is 10.1 Å². The van der Waals surface area contributed by atoms with Crippen molar-refractivity contribution in [3.8, 4) is 11.4 Å². The molecule has 0 saturated carbocycles. The maximum atomic E-state index is 12.9. The first kappa shape index (κ1) is 17.4. The number of halogens is 1. The standard InChI is InChI=1S/C21H15FN4O2/c22-16-6-1-14(2-7-16)3-10-20(27)24-17-8-4-15(5-9-17)21-25-18-11-12-23-13-19(18)26(21)28/h1-13,28H,(H,24,27). The summed E-state index contributed by atoms with van der Waals surface area (Å²) in [7, 11) is 0. The molecule has 0 aliphatic rings. The van der Waals surface area contributed by atoms with E-state index in [-0.39, 0.29) is 11.7 Å². The lowest BCUT2D eigenvalue weighted by Gasteiger charge is -2.05. The van der Waals surface area contributed by atoms with Crippen molar-refractivity contribution in [2.75, 3.05) is 5.32 Å². The first-order valence-corrected chi connectivity index (χ1v) is 8.47. The number of hydrogen-bond acceptors (Lipinski definition) is 4. The van der Waals surface area contributed by atoms with E-state index in [9.17, 15) is 14.4 Å². The summed E-state index contributed by atoms with van der Waals surface area (Å²) in [6.45, 7) is 0. The molecule has 0 radical (unpaired) electrons. The highest BCUT2D eigenvalue weighted by Crippen LogP contribution is 2.24. The highest BCUT2D eigenvalue weighted by molar-refractivity contribution is 6.02. The average molecular weight is 374 g/mol. The monoisotopic (exact) mass is 374 g/mol. The van der Waals surface area contributed by atoms with Crippen molar-refractivity contribution in [1.29, 1.82) is 0 Å². The largest absolute Gasteiger partial charge is 0.426 e. The van der Waals surface area contributed by atoms with Gasteiger partial charge in [-0.2, -0.15) is 4.73 Å². The van der Waals surface area contributed by atoms with Crippen molar-refractivity contribution in [2.45, 2.75) is 0 Å². The molecule has 6 nitrogen and oxygen atoms in total. The third-order valence-electron chi connectivity index (χ3n) is 4.14. The zero-order chi connectivity index (χ0) is 19.5. The topological polar surface area (TPSA) is 80.0 Å². The lowest BCUT2D eigenvalue weighted by atomic mass is 10.2. The van der Waals surface area contributed by atoms with Crippen LogP contribution in [-0.4, -0.2) is 25.8 Å². The van der Waals surface area contributed by atoms with E-state index in [4.69, 9.17) is 0 Å². The second kappa shape index (κ2) is 7.32. The van der Waals surface area contributed by atoms with Crippen molar-refractivity contribution in [1.82, 2.24) is 14.7 Å². The van der Waals surface area contributed by atoms with E-state index in [0.29, 0.717) is 28.1 Å². The number of pyridine rings is 1. The molecule has 2 N–H and O–H groups in total. The number of carbonyl (C=O) groups is 1. The smallest absolute Gasteiger partial charge is 0.248 e. The van der Waals surface area contributed by atoms with Crippen molar-refractivity contribution < 1.29 is 14.4 Å². The van der Waals surface area contributed by atoms with E-state index in [1.165, 1.54) is 24.4 Å². The van der Waals surface area contributed by atoms with E-state index in [1.807, 2.05) is 0 Å². The van der Waals surface area contributed by atoms with E-state index in [1.54, 1.807) is 54.7 Å². The number of fused-ring (bicyclic) bond motifs is 1. The normalized spacial score (nSPS) is 11.2. The lowest BCUT2D eigenvalue weighted by Crippen LogP contribution is -2.07. The average Bonchev–Trinajstić information content (AvgIpc) is 3.05. The summed E-state index contributed by atoms with van der Waals surface area (Å²) in [5.74, 6) is -0.246. The summed E-state index contributed by atoms with van der Waals surface area (Å²) in [6.07, 6.45) is 6.12. The maximum absolute atomic E-state index is 12.9. The third kappa shape index (κ3) is 3.59. The van der Waals surface area contributed by atoms with Gasteiger partial charge in [0.05, 0.1) is 11.7 Å². The molecule has 0 unspecified atom stereocenters. The predicted molar refractivity (Wildman–Crippen MR) is 104 cm³/mol. The summed E-state index contributed by atoms with van der Waals surface area (Å²) in [5, 5.41) is 13.0. The van der Waals surface area contributed by atoms with Gasteiger partial charge in [0, 0.05) is 23.5 Å². The van der Waals surface area contributed by atoms with Crippen LogP contribution < -0.4 is 5.32 Å². The number of amides is 1. The van der Waals surface area contributed by atoms with Gasteiger partial charge >= 0.3 is 0 Å². The molecule has 4 aromatic rings. The number of nitrogens with one attached hydrogen (secondary N) is 1. The first-order valence-electron chi connectivity index (χ1n) is 8.47. The number of imidazole rings is 1. The van der Waals surface area contributed by atoms with E-state index < -0.39 is 0 Å². The number of rotatable bonds is 4. The van der Waals surface area contributed by atoms with Crippen LogP contribution in [0, 0.1) is 5.82 Å². The number of carbonyl (C=O) groups excluding carboxylic acids is 1. The van der Waals surface area contributed by atoms with Gasteiger partial charge in [0.1, 0.15) is 11.3 Å². The Balaban J connectivity index is 1.47. The van der Waals surface area contributed by atoms with E-state index >= 15 is 0 Å². The van der Waals surface area contributed by atoms with E-state index in [0.717, 1.165) is 10.3 Å². The minimum atomic E-state index is -0.325. The van der Waals surface area contributed by atoms with Crippen molar-refractivity contribution >= 4 is 28.7 Å². The van der Waals surface area contributed by atoms with Gasteiger partial charge in [-0.3, -0.25) is 9.78 Å². The first-order chi connectivity index (χ1) is 13.6. The molecule has 0 saturated heterocycles. The van der Waals surface area contributed by atoms with Crippen LogP contribution >= 0.6 is 0 Å². The zero-order valence-electron chi connectivity index (χ0n) is 14.6. The summed E-state index contributed by atoms with van der Waals surface area (Å²) >= 11 is 0. The molecular weight excluding hydrogens is 359 g/mol. The number of nitrogens with zero attached hydrogens (tertiary/aromatic N) is 3. The molecule has 0 aliphatic carbocycles. The van der Waals surface area contributed by atoms with Gasteiger partial charge < -0.3 is 10.5 Å². The Bertz CT molecular complexity index is 1170. The molecule has 7 heteroatoms. The van der Waals surface area contributed by atoms with Crippen LogP contribution in [0.5, 0.6) is 0 Å². The maximum Gasteiger partial charge on any atom is 0.248 e. The zero-order valence-corrected chi connectivity index (χ0v) is 14.6. The van der Waals surface area contributed by atoms with Gasteiger partial charge in [-0.05, 0) is 54.1 Å². The van der Waals surface area contributed by atoms with Gasteiger partial charge in [-0.25, -0.2) is 9.37 Å². The van der Waals surface area contributed by atoms with Gasteiger partial charge in [-0.15, -0.1) is 0 Å². The Labute approximate surface area is 159 Å². The molecule has 0 aliphatic heterocycles. The number of hydrogen-bond donors (Lipinski definition) is 2. The van der Waals surface area contributed by atoms with Crippen molar-refractivity contribution in [3.63, 3.8) is 0 Å². The molecule has 4 rings (SSSR count). The second-order valence-electron chi connectivity index (χ2n) is 6.06. The summed E-state index contributed by atoms with van der Waals surface area (Å²) in [4.78, 5) is 20.4. The molecular formula is C21H15FN4O2. The van der Waals surface area contributed by atoms with E-state index in [2.05, 4.69) is 15.3 Å². The van der Waals surface area contributed by atoms with Gasteiger partial charge in [-0.1, -0.05) is 12.1 Å². The molecule has 0 spiro atoms. The van der Waals surface area contributed by atoms with Crippen molar-refractivity contribution in [3.05, 3.63) is 84.4 Å².